The molecule has 0 aromatic heterocycles. The second kappa shape index (κ2) is 2.51. The van der Waals surface area contributed by atoms with E-state index in [0.29, 0.717) is 0 Å². The first-order valence-corrected chi connectivity index (χ1v) is 5.60. The van der Waals surface area contributed by atoms with Crippen LogP contribution in [0.15, 0.2) is 0 Å². The maximum atomic E-state index is 11.4. The van der Waals surface area contributed by atoms with Gasteiger partial charge in [0.1, 0.15) is 6.10 Å². The molecule has 1 N–H and O–H groups in total. The fourth-order valence-corrected chi connectivity index (χ4v) is 4.35. The van der Waals surface area contributed by atoms with Crippen LogP contribution >= 0.6 is 15.9 Å². The lowest BCUT2D eigenvalue weighted by atomic mass is 9.80. The van der Waals surface area contributed by atoms with Gasteiger partial charge in [-0.15, -0.1) is 0 Å². The second-order valence-electron chi connectivity index (χ2n) is 4.30. The standard InChI is InChI=1S/C9H9BrO4/c10-6-2-1-3-5(4(2)8(11)12)9(13)14-7(3)6/h2-7H,1H2,(H,11,12)/t2-,3-,4-,5+,6+,7+/m1/s1. The lowest BCUT2D eigenvalue weighted by Gasteiger charge is -2.25. The highest BCUT2D eigenvalue weighted by atomic mass is 79.9. The maximum Gasteiger partial charge on any atom is 0.310 e. The molecule has 0 amide bonds. The quantitative estimate of drug-likeness (QED) is 0.555. The summed E-state index contributed by atoms with van der Waals surface area (Å²) >= 11 is 3.44. The first-order chi connectivity index (χ1) is 6.61. The van der Waals surface area contributed by atoms with Crippen molar-refractivity contribution >= 4 is 27.9 Å². The van der Waals surface area contributed by atoms with E-state index in [9.17, 15) is 9.59 Å². The molecular weight excluding hydrogens is 252 g/mol. The third-order valence-corrected chi connectivity index (χ3v) is 5.01. The number of carbonyl (C=O) groups excluding carboxylic acids is 1. The molecule has 2 saturated carbocycles. The number of aliphatic carboxylic acids is 1. The molecule has 0 aromatic carbocycles. The van der Waals surface area contributed by atoms with Crippen LogP contribution in [0.3, 0.4) is 0 Å². The van der Waals surface area contributed by atoms with E-state index in [1.165, 1.54) is 0 Å². The zero-order chi connectivity index (χ0) is 10.0. The molecule has 1 aliphatic heterocycles. The van der Waals surface area contributed by atoms with Gasteiger partial charge < -0.3 is 9.84 Å². The van der Waals surface area contributed by atoms with Crippen molar-refractivity contribution in [2.45, 2.75) is 17.4 Å². The number of rotatable bonds is 1. The molecule has 0 unspecified atom stereocenters. The molecule has 6 atom stereocenters. The molecule has 76 valence electrons. The molecule has 2 bridgehead atoms. The van der Waals surface area contributed by atoms with Crippen molar-refractivity contribution in [1.82, 2.24) is 0 Å². The molecule has 1 saturated heterocycles. The van der Waals surface area contributed by atoms with Gasteiger partial charge in [0.2, 0.25) is 0 Å². The van der Waals surface area contributed by atoms with Gasteiger partial charge in [-0.25, -0.2) is 0 Å². The van der Waals surface area contributed by atoms with Gasteiger partial charge in [-0.3, -0.25) is 9.59 Å². The van der Waals surface area contributed by atoms with Crippen molar-refractivity contribution in [3.05, 3.63) is 0 Å². The molecule has 0 radical (unpaired) electrons. The Bertz CT molecular complexity index is 329. The van der Waals surface area contributed by atoms with E-state index in [-0.39, 0.29) is 34.7 Å². The molecule has 1 heterocycles. The van der Waals surface area contributed by atoms with Crippen LogP contribution in [0.4, 0.5) is 0 Å². The van der Waals surface area contributed by atoms with Gasteiger partial charge in [0.05, 0.1) is 16.7 Å². The van der Waals surface area contributed by atoms with Gasteiger partial charge in [0.15, 0.2) is 0 Å². The van der Waals surface area contributed by atoms with Gasteiger partial charge >= 0.3 is 11.9 Å². The first-order valence-electron chi connectivity index (χ1n) is 4.68. The molecule has 5 heteroatoms. The molecule has 2 aliphatic carbocycles. The molecule has 0 spiro atoms. The number of carboxylic acids is 1. The Balaban J connectivity index is 2.04. The van der Waals surface area contributed by atoms with E-state index in [0.717, 1.165) is 6.42 Å². The zero-order valence-corrected chi connectivity index (χ0v) is 8.81. The molecule has 3 aliphatic rings. The minimum atomic E-state index is -0.857. The number of halogens is 1. The highest BCUT2D eigenvalue weighted by Crippen LogP contribution is 2.59. The van der Waals surface area contributed by atoms with Crippen LogP contribution in [0.1, 0.15) is 6.42 Å². The minimum Gasteiger partial charge on any atom is -0.481 e. The molecular formula is C9H9BrO4. The number of hydrogen-bond acceptors (Lipinski definition) is 3. The molecule has 3 fully saturated rings. The van der Waals surface area contributed by atoms with Crippen molar-refractivity contribution < 1.29 is 19.4 Å². The Morgan fingerprint density at radius 1 is 1.50 bits per heavy atom. The summed E-state index contributed by atoms with van der Waals surface area (Å²) in [4.78, 5) is 22.5. The van der Waals surface area contributed by atoms with Gasteiger partial charge in [0.25, 0.3) is 0 Å². The highest BCUT2D eigenvalue weighted by Gasteiger charge is 2.67. The number of hydrogen-bond donors (Lipinski definition) is 1. The van der Waals surface area contributed by atoms with Crippen LogP contribution in [-0.2, 0) is 14.3 Å². The lowest BCUT2D eigenvalue weighted by molar-refractivity contribution is -0.151. The Kier molecular flexibility index (Phi) is 1.56. The van der Waals surface area contributed by atoms with Crippen molar-refractivity contribution in [3.8, 4) is 0 Å². The third-order valence-electron chi connectivity index (χ3n) is 3.81. The Hall–Kier alpha value is -0.580. The summed E-state index contributed by atoms with van der Waals surface area (Å²) in [6.07, 6.45) is 0.738. The van der Waals surface area contributed by atoms with Crippen LogP contribution in [-0.4, -0.2) is 28.0 Å². The highest BCUT2D eigenvalue weighted by molar-refractivity contribution is 9.09. The van der Waals surface area contributed by atoms with E-state index >= 15 is 0 Å². The molecule has 3 rings (SSSR count). The third kappa shape index (κ3) is 0.798. The Morgan fingerprint density at radius 2 is 2.21 bits per heavy atom. The molecule has 4 nitrogen and oxygen atoms in total. The number of alkyl halides is 1. The predicted octanol–water partition coefficient (Wildman–Crippen LogP) is 0.642. The van der Waals surface area contributed by atoms with Crippen molar-refractivity contribution in [2.75, 3.05) is 0 Å². The number of carbonyl (C=O) groups is 2. The maximum absolute atomic E-state index is 11.4. The summed E-state index contributed by atoms with van der Waals surface area (Å²) < 4.78 is 5.18. The topological polar surface area (TPSA) is 63.6 Å². The Labute approximate surface area is 88.7 Å². The van der Waals surface area contributed by atoms with E-state index < -0.39 is 11.9 Å². The number of carboxylic acid groups (broad SMARTS) is 1. The lowest BCUT2D eigenvalue weighted by Crippen LogP contribution is -2.37. The molecule has 0 aromatic rings. The van der Waals surface area contributed by atoms with Crippen LogP contribution in [0, 0.1) is 23.7 Å². The Morgan fingerprint density at radius 3 is 2.86 bits per heavy atom. The smallest absolute Gasteiger partial charge is 0.310 e. The van der Waals surface area contributed by atoms with Crippen molar-refractivity contribution in [1.29, 1.82) is 0 Å². The van der Waals surface area contributed by atoms with Crippen LogP contribution in [0.25, 0.3) is 0 Å². The summed E-state index contributed by atoms with van der Waals surface area (Å²) in [7, 11) is 0. The van der Waals surface area contributed by atoms with Crippen LogP contribution < -0.4 is 0 Å². The van der Waals surface area contributed by atoms with E-state index in [4.69, 9.17) is 9.84 Å². The average Bonchev–Trinajstić information content (AvgIpc) is 2.67. The summed E-state index contributed by atoms with van der Waals surface area (Å²) in [5.41, 5.74) is 0. The summed E-state index contributed by atoms with van der Waals surface area (Å²) in [5.74, 6) is -1.87. The second-order valence-corrected chi connectivity index (χ2v) is 5.36. The van der Waals surface area contributed by atoms with Gasteiger partial charge in [-0.1, -0.05) is 15.9 Å². The van der Waals surface area contributed by atoms with Gasteiger partial charge in [-0.05, 0) is 12.3 Å². The van der Waals surface area contributed by atoms with Crippen molar-refractivity contribution in [2.24, 2.45) is 23.7 Å². The fourth-order valence-electron chi connectivity index (χ4n) is 3.31. The zero-order valence-electron chi connectivity index (χ0n) is 7.22. The van der Waals surface area contributed by atoms with E-state index in [1.807, 2.05) is 0 Å². The fraction of sp³-hybridized carbons (Fsp3) is 0.778. The molecule has 14 heavy (non-hydrogen) atoms. The summed E-state index contributed by atoms with van der Waals surface area (Å²) in [6, 6.07) is 0. The number of ether oxygens (including phenoxy) is 1. The summed E-state index contributed by atoms with van der Waals surface area (Å²) in [6.45, 7) is 0. The van der Waals surface area contributed by atoms with E-state index in [2.05, 4.69) is 15.9 Å². The minimum absolute atomic E-state index is 0.0382. The van der Waals surface area contributed by atoms with Crippen LogP contribution in [0.2, 0.25) is 0 Å². The predicted molar refractivity (Wildman–Crippen MR) is 48.8 cm³/mol. The number of esters is 1. The SMILES string of the molecule is O=C(O)[C@@H]1[C@H]2C[C@H]3[C@H](OC(=O)[C@@H]31)[C@H]2Br. The monoisotopic (exact) mass is 260 g/mol. The summed E-state index contributed by atoms with van der Waals surface area (Å²) in [5, 5.41) is 9.06. The van der Waals surface area contributed by atoms with Crippen LogP contribution in [0.5, 0.6) is 0 Å². The largest absolute Gasteiger partial charge is 0.481 e. The normalized spacial score (nSPS) is 53.6. The number of fused-ring (bicyclic) bond motifs is 1. The average molecular weight is 261 g/mol. The first kappa shape index (κ1) is 8.71. The van der Waals surface area contributed by atoms with E-state index in [1.54, 1.807) is 0 Å². The van der Waals surface area contributed by atoms with Gasteiger partial charge in [0, 0.05) is 5.92 Å². The van der Waals surface area contributed by atoms with Gasteiger partial charge in [-0.2, -0.15) is 0 Å². The van der Waals surface area contributed by atoms with Crippen molar-refractivity contribution in [3.63, 3.8) is 0 Å².